The molecule has 0 aliphatic rings. The van der Waals surface area contributed by atoms with Crippen molar-refractivity contribution >= 4 is 22.5 Å². The summed E-state index contributed by atoms with van der Waals surface area (Å²) in [6.07, 6.45) is 1.66. The van der Waals surface area contributed by atoms with Crippen molar-refractivity contribution < 1.29 is 9.18 Å². The predicted octanol–water partition coefficient (Wildman–Crippen LogP) is 5.22. The molecule has 0 unspecified atom stereocenters. The van der Waals surface area contributed by atoms with E-state index in [1.807, 2.05) is 54.6 Å². The van der Waals surface area contributed by atoms with Crippen LogP contribution in [0.3, 0.4) is 0 Å². The molecule has 4 rings (SSSR count). The fraction of sp³-hybridized carbons (Fsp3) is 0.0435. The molecule has 0 bridgehead atoms. The molecular weight excluding hydrogens is 339 g/mol. The van der Waals surface area contributed by atoms with Crippen LogP contribution in [0.15, 0.2) is 91.1 Å². The number of carbonyl (C=O) groups is 1. The first-order valence-corrected chi connectivity index (χ1v) is 8.67. The Morgan fingerprint density at radius 3 is 2.37 bits per heavy atom. The Labute approximate surface area is 156 Å². The zero-order valence-corrected chi connectivity index (χ0v) is 14.5. The molecule has 3 nitrogen and oxygen atoms in total. The van der Waals surface area contributed by atoms with E-state index in [2.05, 4.69) is 4.98 Å². The van der Waals surface area contributed by atoms with Crippen molar-refractivity contribution in [2.45, 2.75) is 6.54 Å². The van der Waals surface area contributed by atoms with E-state index in [-0.39, 0.29) is 11.7 Å². The molecule has 0 radical (unpaired) electrons. The Bertz CT molecular complexity index is 1070. The van der Waals surface area contributed by atoms with Crippen LogP contribution in [0.1, 0.15) is 15.9 Å². The molecule has 0 atom stereocenters. The average molecular weight is 356 g/mol. The number of anilines is 1. The maximum absolute atomic E-state index is 13.3. The van der Waals surface area contributed by atoms with Gasteiger partial charge in [-0.2, -0.15) is 0 Å². The SMILES string of the molecule is O=C(c1ccc(F)cc1)N(Cc1cccc2ccccc12)c1ccccn1. The van der Waals surface area contributed by atoms with Crippen molar-refractivity contribution in [3.05, 3.63) is 108 Å². The van der Waals surface area contributed by atoms with E-state index in [1.54, 1.807) is 17.2 Å². The number of carbonyl (C=O) groups excluding carboxylic acids is 1. The minimum atomic E-state index is -0.370. The van der Waals surface area contributed by atoms with Crippen molar-refractivity contribution in [2.75, 3.05) is 4.90 Å². The Hall–Kier alpha value is -3.53. The first-order chi connectivity index (χ1) is 13.2. The first-order valence-electron chi connectivity index (χ1n) is 8.67. The average Bonchev–Trinajstić information content (AvgIpc) is 2.73. The second kappa shape index (κ2) is 7.38. The zero-order chi connectivity index (χ0) is 18.6. The molecule has 132 valence electrons. The molecule has 1 aromatic heterocycles. The summed E-state index contributed by atoms with van der Waals surface area (Å²) in [6, 6.07) is 25.1. The van der Waals surface area contributed by atoms with E-state index in [0.717, 1.165) is 16.3 Å². The van der Waals surface area contributed by atoms with Gasteiger partial charge in [0.05, 0.1) is 6.54 Å². The summed E-state index contributed by atoms with van der Waals surface area (Å²) in [4.78, 5) is 19.1. The molecule has 1 heterocycles. The summed E-state index contributed by atoms with van der Waals surface area (Å²) in [5, 5.41) is 2.21. The second-order valence-corrected chi connectivity index (χ2v) is 6.22. The molecule has 0 N–H and O–H groups in total. The van der Waals surface area contributed by atoms with Gasteiger partial charge in [0.15, 0.2) is 0 Å². The molecule has 4 heteroatoms. The van der Waals surface area contributed by atoms with Crippen molar-refractivity contribution in [2.24, 2.45) is 0 Å². The Balaban J connectivity index is 1.76. The summed E-state index contributed by atoms with van der Waals surface area (Å²) in [6.45, 7) is 0.370. The van der Waals surface area contributed by atoms with Crippen molar-refractivity contribution in [1.29, 1.82) is 0 Å². The first kappa shape index (κ1) is 16.9. The van der Waals surface area contributed by atoms with Gasteiger partial charge in [0, 0.05) is 11.8 Å². The number of rotatable bonds is 4. The lowest BCUT2D eigenvalue weighted by Gasteiger charge is -2.23. The molecule has 0 fully saturated rings. The van der Waals surface area contributed by atoms with Gasteiger partial charge >= 0.3 is 0 Å². The van der Waals surface area contributed by atoms with Gasteiger partial charge in [-0.25, -0.2) is 9.37 Å². The van der Waals surface area contributed by atoms with Crippen molar-refractivity contribution in [3.8, 4) is 0 Å². The van der Waals surface area contributed by atoms with Crippen LogP contribution in [-0.2, 0) is 6.54 Å². The summed E-state index contributed by atoms with van der Waals surface area (Å²) < 4.78 is 13.3. The van der Waals surface area contributed by atoms with Crippen LogP contribution in [0.4, 0.5) is 10.2 Å². The number of fused-ring (bicyclic) bond motifs is 1. The van der Waals surface area contributed by atoms with Gasteiger partial charge in [-0.3, -0.25) is 9.69 Å². The topological polar surface area (TPSA) is 33.2 Å². The number of hydrogen-bond acceptors (Lipinski definition) is 2. The van der Waals surface area contributed by atoms with Gasteiger partial charge in [-0.15, -0.1) is 0 Å². The lowest BCUT2D eigenvalue weighted by molar-refractivity contribution is 0.0984. The summed E-state index contributed by atoms with van der Waals surface area (Å²) in [5.41, 5.74) is 1.44. The second-order valence-electron chi connectivity index (χ2n) is 6.22. The molecule has 0 saturated heterocycles. The third kappa shape index (κ3) is 3.55. The van der Waals surface area contributed by atoms with Crippen LogP contribution in [0.25, 0.3) is 10.8 Å². The minimum absolute atomic E-state index is 0.221. The minimum Gasteiger partial charge on any atom is -0.288 e. The van der Waals surface area contributed by atoms with Crippen molar-refractivity contribution in [1.82, 2.24) is 4.98 Å². The number of aromatic nitrogens is 1. The fourth-order valence-corrected chi connectivity index (χ4v) is 3.12. The van der Waals surface area contributed by atoms with Crippen LogP contribution in [0.5, 0.6) is 0 Å². The van der Waals surface area contributed by atoms with Gasteiger partial charge in [-0.1, -0.05) is 48.5 Å². The summed E-state index contributed by atoms with van der Waals surface area (Å²) in [5.74, 6) is -0.0358. The van der Waals surface area contributed by atoms with E-state index in [0.29, 0.717) is 17.9 Å². The van der Waals surface area contributed by atoms with E-state index < -0.39 is 0 Å². The highest BCUT2D eigenvalue weighted by atomic mass is 19.1. The standard InChI is InChI=1S/C23H17FN2O/c24-20-13-11-18(12-14-20)23(27)26(22-10-3-4-15-25-22)16-19-8-5-7-17-6-1-2-9-21(17)19/h1-15H,16H2. The maximum Gasteiger partial charge on any atom is 0.259 e. The lowest BCUT2D eigenvalue weighted by Crippen LogP contribution is -2.31. The summed E-state index contributed by atoms with van der Waals surface area (Å²) >= 11 is 0. The molecule has 0 saturated carbocycles. The smallest absolute Gasteiger partial charge is 0.259 e. The fourth-order valence-electron chi connectivity index (χ4n) is 3.12. The molecule has 1 amide bonds. The van der Waals surface area contributed by atoms with Crippen LogP contribution in [0, 0.1) is 5.82 Å². The van der Waals surface area contributed by atoms with E-state index >= 15 is 0 Å². The third-order valence-corrected chi connectivity index (χ3v) is 4.47. The monoisotopic (exact) mass is 356 g/mol. The summed E-state index contributed by atoms with van der Waals surface area (Å²) in [7, 11) is 0. The number of halogens is 1. The van der Waals surface area contributed by atoms with Crippen LogP contribution >= 0.6 is 0 Å². The zero-order valence-electron chi connectivity index (χ0n) is 14.5. The maximum atomic E-state index is 13.3. The highest BCUT2D eigenvalue weighted by molar-refractivity contribution is 6.05. The third-order valence-electron chi connectivity index (χ3n) is 4.47. The number of pyridine rings is 1. The Morgan fingerprint density at radius 1 is 0.852 bits per heavy atom. The van der Waals surface area contributed by atoms with Gasteiger partial charge < -0.3 is 0 Å². The van der Waals surface area contributed by atoms with Crippen molar-refractivity contribution in [3.63, 3.8) is 0 Å². The molecule has 3 aromatic carbocycles. The molecular formula is C23H17FN2O. The molecule has 4 aromatic rings. The van der Waals surface area contributed by atoms with Gasteiger partial charge in [0.2, 0.25) is 0 Å². The number of hydrogen-bond donors (Lipinski definition) is 0. The van der Waals surface area contributed by atoms with Gasteiger partial charge in [0.1, 0.15) is 11.6 Å². The van der Waals surface area contributed by atoms with Crippen LogP contribution in [-0.4, -0.2) is 10.9 Å². The molecule has 0 spiro atoms. The molecule has 0 aliphatic heterocycles. The number of nitrogens with zero attached hydrogens (tertiary/aromatic N) is 2. The quantitative estimate of drug-likeness (QED) is 0.502. The van der Waals surface area contributed by atoms with Crippen LogP contribution < -0.4 is 4.90 Å². The highest BCUT2D eigenvalue weighted by Gasteiger charge is 2.20. The largest absolute Gasteiger partial charge is 0.288 e. The molecule has 0 aliphatic carbocycles. The molecule has 27 heavy (non-hydrogen) atoms. The van der Waals surface area contributed by atoms with E-state index in [9.17, 15) is 9.18 Å². The number of benzene rings is 3. The number of amides is 1. The van der Waals surface area contributed by atoms with Gasteiger partial charge in [0.25, 0.3) is 5.91 Å². The van der Waals surface area contributed by atoms with Gasteiger partial charge in [-0.05, 0) is 52.7 Å². The Kier molecular flexibility index (Phi) is 4.62. The van der Waals surface area contributed by atoms with Crippen LogP contribution in [0.2, 0.25) is 0 Å². The normalized spacial score (nSPS) is 10.7. The van der Waals surface area contributed by atoms with E-state index in [1.165, 1.54) is 24.3 Å². The Morgan fingerprint density at radius 2 is 1.59 bits per heavy atom. The predicted molar refractivity (Wildman–Crippen MR) is 105 cm³/mol. The highest BCUT2D eigenvalue weighted by Crippen LogP contribution is 2.23. The lowest BCUT2D eigenvalue weighted by atomic mass is 10.0. The van der Waals surface area contributed by atoms with E-state index in [4.69, 9.17) is 0 Å².